The number of likely N-dealkylation sites (tertiary alicyclic amines) is 1. The van der Waals surface area contributed by atoms with Crippen LogP contribution in [0.3, 0.4) is 0 Å². The molecule has 2 aliphatic heterocycles. The predicted octanol–water partition coefficient (Wildman–Crippen LogP) is 2.28. The first-order chi connectivity index (χ1) is 14.1. The lowest BCUT2D eigenvalue weighted by atomic mass is 9.96. The van der Waals surface area contributed by atoms with E-state index >= 15 is 0 Å². The van der Waals surface area contributed by atoms with Crippen molar-refractivity contribution in [1.82, 2.24) is 19.2 Å². The second-order valence-electron chi connectivity index (χ2n) is 8.68. The quantitative estimate of drug-likeness (QED) is 0.778. The van der Waals surface area contributed by atoms with E-state index in [1.807, 2.05) is 17.0 Å². The van der Waals surface area contributed by atoms with Gasteiger partial charge in [0.1, 0.15) is 17.6 Å². The summed E-state index contributed by atoms with van der Waals surface area (Å²) in [4.78, 5) is 28.2. The summed E-state index contributed by atoms with van der Waals surface area (Å²) in [5.74, 6) is 1.70. The molecule has 3 aliphatic rings. The van der Waals surface area contributed by atoms with E-state index in [0.717, 1.165) is 69.6 Å². The lowest BCUT2D eigenvalue weighted by molar-refractivity contribution is -0.134. The SMILES string of the molecule is COc1ccc(C2(Cn3nc4n(c3=O)C(C(=O)N3CCCC3)CCC4)CC2)cc1. The van der Waals surface area contributed by atoms with Gasteiger partial charge in [-0.2, -0.15) is 5.10 Å². The zero-order valence-electron chi connectivity index (χ0n) is 17.0. The van der Waals surface area contributed by atoms with E-state index in [1.54, 1.807) is 16.4 Å². The lowest BCUT2D eigenvalue weighted by Crippen LogP contribution is -2.41. The predicted molar refractivity (Wildman–Crippen MR) is 108 cm³/mol. The summed E-state index contributed by atoms with van der Waals surface area (Å²) in [6.07, 6.45) is 6.62. The summed E-state index contributed by atoms with van der Waals surface area (Å²) in [5, 5.41) is 4.67. The smallest absolute Gasteiger partial charge is 0.346 e. The molecule has 0 radical (unpaired) electrons. The van der Waals surface area contributed by atoms with Crippen LogP contribution in [0.1, 0.15) is 56.0 Å². The molecule has 0 spiro atoms. The lowest BCUT2D eigenvalue weighted by Gasteiger charge is -2.27. The van der Waals surface area contributed by atoms with E-state index in [1.165, 1.54) is 5.56 Å². The van der Waals surface area contributed by atoms with Gasteiger partial charge in [-0.05, 0) is 56.2 Å². The number of fused-ring (bicyclic) bond motifs is 1. The summed E-state index contributed by atoms with van der Waals surface area (Å²) in [6.45, 7) is 2.20. The van der Waals surface area contributed by atoms with E-state index in [9.17, 15) is 9.59 Å². The number of carbonyl (C=O) groups excluding carboxylic acids is 1. The maximum atomic E-state index is 13.3. The van der Waals surface area contributed by atoms with Crippen LogP contribution in [-0.2, 0) is 23.2 Å². The highest BCUT2D eigenvalue weighted by Gasteiger charge is 2.46. The Labute approximate surface area is 170 Å². The van der Waals surface area contributed by atoms with Crippen LogP contribution in [0.2, 0.25) is 0 Å². The number of ether oxygens (including phenoxy) is 1. The Hall–Kier alpha value is -2.57. The first-order valence-electron chi connectivity index (χ1n) is 10.7. The maximum absolute atomic E-state index is 13.3. The van der Waals surface area contributed by atoms with Crippen LogP contribution in [0.15, 0.2) is 29.1 Å². The number of hydrogen-bond donors (Lipinski definition) is 0. The van der Waals surface area contributed by atoms with Crippen LogP contribution in [0.25, 0.3) is 0 Å². The number of rotatable bonds is 5. The summed E-state index contributed by atoms with van der Waals surface area (Å²) in [5.41, 5.74) is 1.06. The molecule has 7 heteroatoms. The average Bonchev–Trinajstić information content (AvgIpc) is 3.19. The van der Waals surface area contributed by atoms with Gasteiger partial charge >= 0.3 is 5.69 Å². The molecule has 1 saturated carbocycles. The largest absolute Gasteiger partial charge is 0.497 e. The number of amides is 1. The van der Waals surface area contributed by atoms with Crippen LogP contribution in [0, 0.1) is 0 Å². The van der Waals surface area contributed by atoms with Crippen molar-refractivity contribution < 1.29 is 9.53 Å². The molecule has 1 atom stereocenters. The fraction of sp³-hybridized carbons (Fsp3) is 0.591. The van der Waals surface area contributed by atoms with Crippen molar-refractivity contribution in [2.75, 3.05) is 20.2 Å². The molecule has 1 aliphatic carbocycles. The zero-order chi connectivity index (χ0) is 20.0. The van der Waals surface area contributed by atoms with Crippen LogP contribution in [0.4, 0.5) is 0 Å². The topological polar surface area (TPSA) is 69.4 Å². The summed E-state index contributed by atoms with van der Waals surface area (Å²) in [7, 11) is 1.66. The summed E-state index contributed by atoms with van der Waals surface area (Å²) < 4.78 is 8.57. The average molecular weight is 396 g/mol. The molecule has 1 amide bonds. The minimum absolute atomic E-state index is 0.0327. The number of aryl methyl sites for hydroxylation is 1. The molecule has 3 heterocycles. The van der Waals surface area contributed by atoms with Crippen molar-refractivity contribution >= 4 is 5.91 Å². The minimum Gasteiger partial charge on any atom is -0.497 e. The van der Waals surface area contributed by atoms with Gasteiger partial charge in [-0.1, -0.05) is 12.1 Å². The molecule has 2 fully saturated rings. The maximum Gasteiger partial charge on any atom is 0.346 e. The molecule has 2 aromatic rings. The second-order valence-corrected chi connectivity index (χ2v) is 8.68. The number of carbonyl (C=O) groups is 1. The van der Waals surface area contributed by atoms with E-state index in [2.05, 4.69) is 17.2 Å². The Morgan fingerprint density at radius 3 is 2.55 bits per heavy atom. The van der Waals surface area contributed by atoms with Crippen molar-refractivity contribution in [2.45, 2.75) is 62.9 Å². The van der Waals surface area contributed by atoms with Crippen molar-refractivity contribution in [3.63, 3.8) is 0 Å². The highest BCUT2D eigenvalue weighted by atomic mass is 16.5. The standard InChI is InChI=1S/C22H28N4O3/c1-29-17-9-7-16(8-10-17)22(11-12-22)15-25-21(28)26-18(5-4-6-19(26)23-25)20(27)24-13-2-3-14-24/h7-10,18H,2-6,11-15H2,1H3. The molecular formula is C22H28N4O3. The molecule has 1 unspecified atom stereocenters. The van der Waals surface area contributed by atoms with Gasteiger partial charge in [0, 0.05) is 24.9 Å². The van der Waals surface area contributed by atoms with Crippen molar-refractivity contribution in [2.24, 2.45) is 0 Å². The molecule has 0 N–H and O–H groups in total. The zero-order valence-corrected chi connectivity index (χ0v) is 17.0. The number of benzene rings is 1. The Kier molecular flexibility index (Phi) is 4.48. The molecule has 7 nitrogen and oxygen atoms in total. The minimum atomic E-state index is -0.380. The van der Waals surface area contributed by atoms with E-state index in [0.29, 0.717) is 6.54 Å². The first-order valence-corrected chi connectivity index (χ1v) is 10.7. The van der Waals surface area contributed by atoms with Crippen molar-refractivity contribution in [1.29, 1.82) is 0 Å². The first kappa shape index (κ1) is 18.5. The Bertz CT molecular complexity index is 965. The number of hydrogen-bond acceptors (Lipinski definition) is 4. The monoisotopic (exact) mass is 396 g/mol. The Morgan fingerprint density at radius 1 is 1.17 bits per heavy atom. The van der Waals surface area contributed by atoms with Gasteiger partial charge in [-0.25, -0.2) is 9.48 Å². The van der Waals surface area contributed by atoms with E-state index in [-0.39, 0.29) is 23.1 Å². The van der Waals surface area contributed by atoms with Gasteiger partial charge in [0.15, 0.2) is 0 Å². The van der Waals surface area contributed by atoms with E-state index < -0.39 is 0 Å². The number of aromatic nitrogens is 3. The Morgan fingerprint density at radius 2 is 1.90 bits per heavy atom. The van der Waals surface area contributed by atoms with Crippen LogP contribution < -0.4 is 10.4 Å². The van der Waals surface area contributed by atoms with Gasteiger partial charge in [0.2, 0.25) is 5.91 Å². The molecule has 1 aromatic heterocycles. The van der Waals surface area contributed by atoms with Crippen LogP contribution >= 0.6 is 0 Å². The Balaban J connectivity index is 1.42. The highest BCUT2D eigenvalue weighted by Crippen LogP contribution is 2.49. The highest BCUT2D eigenvalue weighted by molar-refractivity contribution is 5.80. The molecule has 29 heavy (non-hydrogen) atoms. The van der Waals surface area contributed by atoms with Crippen molar-refractivity contribution in [3.8, 4) is 5.75 Å². The van der Waals surface area contributed by atoms with Gasteiger partial charge in [-0.15, -0.1) is 0 Å². The van der Waals surface area contributed by atoms with Crippen molar-refractivity contribution in [3.05, 3.63) is 46.1 Å². The van der Waals surface area contributed by atoms with Crippen LogP contribution in [0.5, 0.6) is 5.75 Å². The number of methoxy groups -OCH3 is 1. The molecule has 1 aromatic carbocycles. The molecular weight excluding hydrogens is 368 g/mol. The van der Waals surface area contributed by atoms with E-state index in [4.69, 9.17) is 4.74 Å². The van der Waals surface area contributed by atoms with Gasteiger partial charge in [0.25, 0.3) is 0 Å². The third kappa shape index (κ3) is 3.16. The molecule has 5 rings (SSSR count). The van der Waals surface area contributed by atoms with Gasteiger partial charge in [0.05, 0.1) is 13.7 Å². The third-order valence-corrected chi connectivity index (χ3v) is 6.84. The molecule has 0 bridgehead atoms. The summed E-state index contributed by atoms with van der Waals surface area (Å²) in [6, 6.07) is 7.75. The molecule has 1 saturated heterocycles. The normalized spacial score (nSPS) is 22.4. The summed E-state index contributed by atoms with van der Waals surface area (Å²) >= 11 is 0. The molecule has 154 valence electrons. The van der Waals surface area contributed by atoms with Crippen LogP contribution in [-0.4, -0.2) is 45.4 Å². The van der Waals surface area contributed by atoms with Gasteiger partial charge < -0.3 is 9.64 Å². The second kappa shape index (κ2) is 7.04. The number of nitrogens with zero attached hydrogens (tertiary/aromatic N) is 4. The van der Waals surface area contributed by atoms with Gasteiger partial charge in [-0.3, -0.25) is 9.36 Å². The fourth-order valence-electron chi connectivity index (χ4n) is 4.94. The fourth-order valence-corrected chi connectivity index (χ4v) is 4.94. The third-order valence-electron chi connectivity index (χ3n) is 6.84.